The number of piperidine rings is 1. The van der Waals surface area contributed by atoms with Crippen LogP contribution in [0.5, 0.6) is 5.75 Å². The summed E-state index contributed by atoms with van der Waals surface area (Å²) in [6, 6.07) is 9.07. The Bertz CT molecular complexity index is 1600. The summed E-state index contributed by atoms with van der Waals surface area (Å²) in [6.45, 7) is 2.52. The molecule has 2 aliphatic rings. The van der Waals surface area contributed by atoms with E-state index in [-0.39, 0.29) is 23.6 Å². The molecule has 39 heavy (non-hydrogen) atoms. The van der Waals surface area contributed by atoms with Gasteiger partial charge in [0.25, 0.3) is 5.91 Å². The smallest absolute Gasteiger partial charge is 0.256 e. The summed E-state index contributed by atoms with van der Waals surface area (Å²) in [7, 11) is 1.54. The van der Waals surface area contributed by atoms with Gasteiger partial charge < -0.3 is 20.7 Å². The number of pyridine rings is 1. The SMILES string of the molecule is COc1cc(C(=O)Nc2ccc(C)cn2)ccc1-c1nc([C@@H]2CC[C@H]3CCC(=O)N3C2)n2c(Cl)cnc(N)c12. The van der Waals surface area contributed by atoms with Crippen LogP contribution in [0, 0.1) is 6.92 Å². The lowest BCUT2D eigenvalue weighted by molar-refractivity contribution is -0.130. The molecule has 5 heterocycles. The largest absolute Gasteiger partial charge is 0.496 e. The maximum atomic E-state index is 12.9. The van der Waals surface area contributed by atoms with Crippen LogP contribution in [-0.4, -0.2) is 55.8 Å². The Labute approximate surface area is 230 Å². The molecule has 0 bridgehead atoms. The van der Waals surface area contributed by atoms with Crippen LogP contribution in [0.2, 0.25) is 5.15 Å². The van der Waals surface area contributed by atoms with Gasteiger partial charge in [-0.2, -0.15) is 0 Å². The van der Waals surface area contributed by atoms with E-state index in [1.807, 2.05) is 22.3 Å². The number of carbonyl (C=O) groups excluding carboxylic acids is 2. The Morgan fingerprint density at radius 3 is 2.77 bits per heavy atom. The van der Waals surface area contributed by atoms with Crippen molar-refractivity contribution in [1.82, 2.24) is 24.3 Å². The summed E-state index contributed by atoms with van der Waals surface area (Å²) in [4.78, 5) is 41.0. The summed E-state index contributed by atoms with van der Waals surface area (Å²) in [6.07, 6.45) is 6.51. The Hall–Kier alpha value is -4.18. The van der Waals surface area contributed by atoms with Crippen molar-refractivity contribution in [2.24, 2.45) is 0 Å². The maximum Gasteiger partial charge on any atom is 0.256 e. The average Bonchev–Trinajstić information content (AvgIpc) is 3.53. The lowest BCUT2D eigenvalue weighted by Gasteiger charge is -2.34. The van der Waals surface area contributed by atoms with Crippen LogP contribution in [0.1, 0.15) is 53.3 Å². The zero-order chi connectivity index (χ0) is 27.3. The van der Waals surface area contributed by atoms with Crippen LogP contribution in [0.25, 0.3) is 16.8 Å². The number of nitrogens with two attached hydrogens (primary N) is 1. The van der Waals surface area contributed by atoms with Gasteiger partial charge in [0.1, 0.15) is 39.6 Å². The first-order valence-electron chi connectivity index (χ1n) is 12.9. The van der Waals surface area contributed by atoms with E-state index in [9.17, 15) is 9.59 Å². The van der Waals surface area contributed by atoms with Gasteiger partial charge in [-0.05, 0) is 56.0 Å². The van der Waals surface area contributed by atoms with Gasteiger partial charge in [0.05, 0.1) is 13.3 Å². The molecule has 10 nitrogen and oxygen atoms in total. The lowest BCUT2D eigenvalue weighted by Crippen LogP contribution is -2.41. The molecule has 0 saturated carbocycles. The lowest BCUT2D eigenvalue weighted by atomic mass is 9.92. The molecule has 3 aromatic heterocycles. The number of ether oxygens (including phenoxy) is 1. The van der Waals surface area contributed by atoms with E-state index in [1.54, 1.807) is 30.5 Å². The molecule has 1 aromatic carbocycles. The second kappa shape index (κ2) is 9.85. The zero-order valence-corrected chi connectivity index (χ0v) is 22.4. The second-order valence-electron chi connectivity index (χ2n) is 10.1. The monoisotopic (exact) mass is 545 g/mol. The van der Waals surface area contributed by atoms with Gasteiger partial charge >= 0.3 is 0 Å². The maximum absolute atomic E-state index is 12.9. The summed E-state index contributed by atoms with van der Waals surface area (Å²) >= 11 is 6.66. The molecule has 2 amide bonds. The Balaban J connectivity index is 1.40. The van der Waals surface area contributed by atoms with Crippen LogP contribution in [0.15, 0.2) is 42.7 Å². The number of rotatable bonds is 5. The van der Waals surface area contributed by atoms with Crippen molar-refractivity contribution >= 4 is 40.6 Å². The summed E-state index contributed by atoms with van der Waals surface area (Å²) in [5.74, 6) is 1.76. The number of nitrogens with one attached hydrogen (secondary N) is 1. The van der Waals surface area contributed by atoms with Gasteiger partial charge in [-0.3, -0.25) is 14.0 Å². The number of amides is 2. The highest BCUT2D eigenvalue weighted by Crippen LogP contribution is 2.41. The topological polar surface area (TPSA) is 128 Å². The quantitative estimate of drug-likeness (QED) is 0.379. The highest BCUT2D eigenvalue weighted by molar-refractivity contribution is 6.30. The van der Waals surface area contributed by atoms with Crippen molar-refractivity contribution in [2.75, 3.05) is 24.7 Å². The minimum Gasteiger partial charge on any atom is -0.496 e. The number of anilines is 2. The average molecular weight is 546 g/mol. The van der Waals surface area contributed by atoms with Gasteiger partial charge in [0, 0.05) is 42.2 Å². The predicted molar refractivity (Wildman–Crippen MR) is 148 cm³/mol. The molecule has 0 unspecified atom stereocenters. The van der Waals surface area contributed by atoms with E-state index in [0.29, 0.717) is 58.1 Å². The van der Waals surface area contributed by atoms with Crippen LogP contribution in [0.4, 0.5) is 11.6 Å². The summed E-state index contributed by atoms with van der Waals surface area (Å²) in [5.41, 5.74) is 9.53. The molecule has 2 fully saturated rings. The number of hydrogen-bond donors (Lipinski definition) is 2. The third-order valence-corrected chi connectivity index (χ3v) is 7.89. The van der Waals surface area contributed by atoms with E-state index in [1.165, 1.54) is 13.3 Å². The number of benzene rings is 1. The summed E-state index contributed by atoms with van der Waals surface area (Å²) in [5, 5.41) is 3.18. The van der Waals surface area contributed by atoms with E-state index in [2.05, 4.69) is 15.3 Å². The molecule has 2 atom stereocenters. The fraction of sp³-hybridized carbons (Fsp3) is 0.321. The van der Waals surface area contributed by atoms with Crippen molar-refractivity contribution in [3.8, 4) is 17.0 Å². The fourth-order valence-electron chi connectivity index (χ4n) is 5.63. The Morgan fingerprint density at radius 2 is 2.00 bits per heavy atom. The highest BCUT2D eigenvalue weighted by atomic mass is 35.5. The van der Waals surface area contributed by atoms with Gasteiger partial charge in [0.15, 0.2) is 0 Å². The molecule has 6 rings (SSSR count). The molecule has 3 N–H and O–H groups in total. The molecule has 2 saturated heterocycles. The van der Waals surface area contributed by atoms with Crippen LogP contribution >= 0.6 is 11.6 Å². The van der Waals surface area contributed by atoms with Crippen molar-refractivity contribution in [2.45, 2.75) is 44.6 Å². The number of imidazole rings is 1. The standard InChI is InChI=1S/C28H28ClN7O3/c1-15-3-9-22(31-12-15)33-28(38)16-5-8-19(20(11-16)39-2)24-25-26(30)32-13-21(29)36(25)27(34-24)17-4-6-18-7-10-23(37)35(18)14-17/h3,5,8-9,11-13,17-18H,4,6-7,10,14H2,1-2H3,(H2,30,32)(H,31,33,38)/t17-,18+/m1/s1. The first-order valence-corrected chi connectivity index (χ1v) is 13.3. The predicted octanol–water partition coefficient (Wildman–Crippen LogP) is 4.46. The Morgan fingerprint density at radius 1 is 1.15 bits per heavy atom. The van der Waals surface area contributed by atoms with E-state index < -0.39 is 0 Å². The Kier molecular flexibility index (Phi) is 6.34. The molecule has 4 aromatic rings. The molecule has 0 radical (unpaired) electrons. The minimum absolute atomic E-state index is 0.0121. The highest BCUT2D eigenvalue weighted by Gasteiger charge is 2.38. The molecule has 11 heteroatoms. The molecular formula is C28H28ClN7O3. The number of nitrogen functional groups attached to an aromatic ring is 1. The molecule has 200 valence electrons. The van der Waals surface area contributed by atoms with Gasteiger partial charge in [0.2, 0.25) is 5.91 Å². The first kappa shape index (κ1) is 25.1. The fourth-order valence-corrected chi connectivity index (χ4v) is 5.85. The number of aromatic nitrogens is 4. The third kappa shape index (κ3) is 4.44. The van der Waals surface area contributed by atoms with Crippen molar-refractivity contribution < 1.29 is 14.3 Å². The molecule has 2 aliphatic heterocycles. The van der Waals surface area contributed by atoms with Gasteiger partial charge in [-0.15, -0.1) is 0 Å². The van der Waals surface area contributed by atoms with Crippen molar-refractivity contribution in [3.05, 3.63) is 64.8 Å². The van der Waals surface area contributed by atoms with E-state index in [0.717, 1.165) is 30.7 Å². The number of halogens is 1. The molecule has 0 spiro atoms. The van der Waals surface area contributed by atoms with Gasteiger partial charge in [-0.25, -0.2) is 15.0 Å². The van der Waals surface area contributed by atoms with E-state index >= 15 is 0 Å². The first-order chi connectivity index (χ1) is 18.8. The number of methoxy groups -OCH3 is 1. The van der Waals surface area contributed by atoms with Crippen LogP contribution in [0.3, 0.4) is 0 Å². The van der Waals surface area contributed by atoms with Crippen molar-refractivity contribution in [3.63, 3.8) is 0 Å². The number of nitrogens with zero attached hydrogens (tertiary/aromatic N) is 5. The van der Waals surface area contributed by atoms with Gasteiger partial charge in [-0.1, -0.05) is 17.7 Å². The second-order valence-corrected chi connectivity index (χ2v) is 10.5. The van der Waals surface area contributed by atoms with Crippen molar-refractivity contribution in [1.29, 1.82) is 0 Å². The third-order valence-electron chi connectivity index (χ3n) is 7.62. The van der Waals surface area contributed by atoms with Crippen LogP contribution < -0.4 is 15.8 Å². The minimum atomic E-state index is -0.317. The number of carbonyl (C=O) groups is 2. The number of aryl methyl sites for hydroxylation is 1. The van der Waals surface area contributed by atoms with Crippen LogP contribution in [-0.2, 0) is 4.79 Å². The molecular weight excluding hydrogens is 518 g/mol. The zero-order valence-electron chi connectivity index (χ0n) is 21.6. The van der Waals surface area contributed by atoms with E-state index in [4.69, 9.17) is 27.1 Å². The molecule has 0 aliphatic carbocycles. The summed E-state index contributed by atoms with van der Waals surface area (Å²) < 4.78 is 7.54. The number of hydrogen-bond acceptors (Lipinski definition) is 7. The normalized spacial score (nSPS) is 18.8. The number of fused-ring (bicyclic) bond motifs is 2.